The largest absolute Gasteiger partial charge is 0.345 e. The molecule has 4 aromatic carbocycles. The summed E-state index contributed by atoms with van der Waals surface area (Å²) in [6, 6.07) is 22.6. The molecule has 0 saturated carbocycles. The Bertz CT molecular complexity index is 2620. The average molecular weight is 891 g/mol. The van der Waals surface area contributed by atoms with Crippen LogP contribution in [-0.4, -0.2) is 87.8 Å². The van der Waals surface area contributed by atoms with Crippen molar-refractivity contribution >= 4 is 53.0 Å². The van der Waals surface area contributed by atoms with Crippen LogP contribution in [0.5, 0.6) is 0 Å². The smallest absolute Gasteiger partial charge is 0.243 e. The second-order valence-corrected chi connectivity index (χ2v) is 20.6. The summed E-state index contributed by atoms with van der Waals surface area (Å²) in [4.78, 5) is 14.1. The number of benzene rings is 4. The quantitative estimate of drug-likeness (QED) is 0.136. The van der Waals surface area contributed by atoms with Crippen molar-refractivity contribution in [2.45, 2.75) is 50.3 Å². The number of piperazine rings is 2. The molecule has 2 fully saturated rings. The summed E-state index contributed by atoms with van der Waals surface area (Å²) in [5.41, 5.74) is 9.77. The van der Waals surface area contributed by atoms with Crippen LogP contribution in [-0.2, 0) is 32.9 Å². The van der Waals surface area contributed by atoms with Crippen molar-refractivity contribution in [2.24, 2.45) is 0 Å². The monoisotopic (exact) mass is 890 g/mol. The van der Waals surface area contributed by atoms with Gasteiger partial charge < -0.3 is 9.80 Å². The maximum absolute atomic E-state index is 13.1. The minimum atomic E-state index is -3.61. The van der Waals surface area contributed by atoms with Crippen LogP contribution in [0.3, 0.4) is 0 Å². The standard InChI is InChI=1S/2C22H24FN3O2S2/c1-16-4-3-5-18(17(16)2)14-20-15-29-22(24-20)25-10-12-26(13-11-25)30(27,28)21-8-6-19(23)7-9-21;1-16-4-3-5-17(2)21(16)14-19-15-29-22(24-19)25-10-12-26(13-11-25)30(27,28)20-8-6-18(23)7-9-20/h2*3-9,15H,10-14H2,1-2H3. The van der Waals surface area contributed by atoms with Gasteiger partial charge in [-0.15, -0.1) is 22.7 Å². The van der Waals surface area contributed by atoms with Gasteiger partial charge in [0.1, 0.15) is 11.6 Å². The molecule has 0 radical (unpaired) electrons. The lowest BCUT2D eigenvalue weighted by molar-refractivity contribution is 0.384. The van der Waals surface area contributed by atoms with E-state index in [9.17, 15) is 25.6 Å². The highest BCUT2D eigenvalue weighted by Gasteiger charge is 2.31. The molecule has 2 aliphatic rings. The Hall–Kier alpha value is -4.58. The summed E-state index contributed by atoms with van der Waals surface area (Å²) in [7, 11) is -7.21. The number of anilines is 2. The highest BCUT2D eigenvalue weighted by atomic mass is 32.2. The maximum atomic E-state index is 13.1. The van der Waals surface area contributed by atoms with Crippen LogP contribution in [0.2, 0.25) is 0 Å². The number of hydrogen-bond acceptors (Lipinski definition) is 10. The lowest BCUT2D eigenvalue weighted by Crippen LogP contribution is -2.48. The first-order valence-electron chi connectivity index (χ1n) is 19.7. The van der Waals surface area contributed by atoms with E-state index in [1.54, 1.807) is 22.7 Å². The molecule has 2 saturated heterocycles. The summed E-state index contributed by atoms with van der Waals surface area (Å²) in [5, 5.41) is 6.02. The topological polar surface area (TPSA) is 107 Å². The Morgan fingerprint density at radius 1 is 0.533 bits per heavy atom. The van der Waals surface area contributed by atoms with Crippen molar-refractivity contribution in [3.8, 4) is 0 Å². The SMILES string of the molecule is Cc1cccc(C)c1Cc1csc(N2CCN(S(=O)(=O)c3ccc(F)cc3)CC2)n1.Cc1cccc(Cc2csc(N3CCN(S(=O)(=O)c4ccc(F)cc4)CC3)n2)c1C. The van der Waals surface area contributed by atoms with Gasteiger partial charge in [-0.2, -0.15) is 8.61 Å². The van der Waals surface area contributed by atoms with Crippen LogP contribution in [0.15, 0.2) is 105 Å². The molecule has 2 aromatic heterocycles. The van der Waals surface area contributed by atoms with Gasteiger partial charge in [-0.3, -0.25) is 0 Å². The van der Waals surface area contributed by atoms with E-state index in [2.05, 4.69) is 84.7 Å². The molecule has 0 aliphatic carbocycles. The number of hydrogen-bond donors (Lipinski definition) is 0. The predicted octanol–water partition coefficient (Wildman–Crippen LogP) is 8.00. The Morgan fingerprint density at radius 3 is 1.38 bits per heavy atom. The van der Waals surface area contributed by atoms with Gasteiger partial charge in [0.15, 0.2) is 10.3 Å². The number of aryl methyl sites for hydroxylation is 3. The van der Waals surface area contributed by atoms with Gasteiger partial charge in [0.2, 0.25) is 20.0 Å². The van der Waals surface area contributed by atoms with Gasteiger partial charge in [-0.25, -0.2) is 35.6 Å². The van der Waals surface area contributed by atoms with E-state index in [0.29, 0.717) is 52.4 Å². The fourth-order valence-electron chi connectivity index (χ4n) is 7.30. The molecule has 16 heteroatoms. The Balaban J connectivity index is 0.000000181. The van der Waals surface area contributed by atoms with E-state index in [-0.39, 0.29) is 9.79 Å². The summed E-state index contributed by atoms with van der Waals surface area (Å²) in [5.74, 6) is -0.890. The zero-order valence-corrected chi connectivity index (χ0v) is 37.3. The molecule has 0 unspecified atom stereocenters. The van der Waals surface area contributed by atoms with Crippen molar-refractivity contribution < 1.29 is 25.6 Å². The highest BCUT2D eigenvalue weighted by Crippen LogP contribution is 2.28. The minimum absolute atomic E-state index is 0.127. The van der Waals surface area contributed by atoms with Crippen molar-refractivity contribution in [2.75, 3.05) is 62.2 Å². The van der Waals surface area contributed by atoms with Crippen LogP contribution >= 0.6 is 22.7 Å². The van der Waals surface area contributed by atoms with Crippen LogP contribution in [0, 0.1) is 39.3 Å². The van der Waals surface area contributed by atoms with Gasteiger partial charge in [0, 0.05) is 76.0 Å². The van der Waals surface area contributed by atoms with Gasteiger partial charge in [0.05, 0.1) is 21.2 Å². The molecule has 10 nitrogen and oxygen atoms in total. The molecule has 0 bridgehead atoms. The van der Waals surface area contributed by atoms with Gasteiger partial charge in [-0.05, 0) is 110 Å². The lowest BCUT2D eigenvalue weighted by atomic mass is 9.99. The second kappa shape index (κ2) is 18.6. The molecule has 0 N–H and O–H groups in total. The lowest BCUT2D eigenvalue weighted by Gasteiger charge is -2.33. The summed E-state index contributed by atoms with van der Waals surface area (Å²) in [6.07, 6.45) is 1.59. The summed E-state index contributed by atoms with van der Waals surface area (Å²) in [6.45, 7) is 12.3. The fraction of sp³-hybridized carbons (Fsp3) is 0.318. The maximum Gasteiger partial charge on any atom is 0.243 e. The average Bonchev–Trinajstić information content (AvgIpc) is 3.92. The van der Waals surface area contributed by atoms with E-state index in [1.807, 2.05) is 0 Å². The zero-order chi connectivity index (χ0) is 42.6. The number of rotatable bonds is 10. The highest BCUT2D eigenvalue weighted by molar-refractivity contribution is 7.89. The van der Waals surface area contributed by atoms with Gasteiger partial charge >= 0.3 is 0 Å². The third-order valence-electron chi connectivity index (χ3n) is 11.1. The van der Waals surface area contributed by atoms with Crippen molar-refractivity contribution in [3.63, 3.8) is 0 Å². The van der Waals surface area contributed by atoms with E-state index < -0.39 is 31.7 Å². The van der Waals surface area contributed by atoms with E-state index in [0.717, 1.165) is 34.5 Å². The van der Waals surface area contributed by atoms with Gasteiger partial charge in [0.25, 0.3) is 0 Å². The number of thiazole rings is 2. The van der Waals surface area contributed by atoms with Crippen molar-refractivity contribution in [1.82, 2.24) is 18.6 Å². The second-order valence-electron chi connectivity index (χ2n) is 15.0. The molecule has 6 aromatic rings. The normalized spacial score (nSPS) is 15.5. The fourth-order valence-corrected chi connectivity index (χ4v) is 11.9. The summed E-state index contributed by atoms with van der Waals surface area (Å²) >= 11 is 3.20. The molecule has 2 aliphatic heterocycles. The van der Waals surface area contributed by atoms with Crippen LogP contribution in [0.1, 0.15) is 44.8 Å². The molecular formula is C44H48F2N6O4S4. The molecule has 316 valence electrons. The van der Waals surface area contributed by atoms with Crippen LogP contribution in [0.25, 0.3) is 0 Å². The molecule has 8 rings (SSSR count). The van der Waals surface area contributed by atoms with Crippen LogP contribution in [0.4, 0.5) is 19.0 Å². The molecule has 60 heavy (non-hydrogen) atoms. The number of sulfonamides is 2. The predicted molar refractivity (Wildman–Crippen MR) is 236 cm³/mol. The third-order valence-corrected chi connectivity index (χ3v) is 16.8. The summed E-state index contributed by atoms with van der Waals surface area (Å²) < 4.78 is 80.3. The first-order chi connectivity index (χ1) is 28.7. The Kier molecular flexibility index (Phi) is 13.5. The molecular weight excluding hydrogens is 843 g/mol. The van der Waals surface area contributed by atoms with Gasteiger partial charge in [-0.1, -0.05) is 36.4 Å². The minimum Gasteiger partial charge on any atom is -0.345 e. The van der Waals surface area contributed by atoms with Crippen LogP contribution < -0.4 is 9.80 Å². The number of halogens is 2. The number of nitrogens with zero attached hydrogens (tertiary/aromatic N) is 6. The number of aromatic nitrogens is 2. The van der Waals surface area contributed by atoms with E-state index in [4.69, 9.17) is 9.97 Å². The Labute approximate surface area is 359 Å². The first-order valence-corrected chi connectivity index (χ1v) is 24.3. The molecule has 0 spiro atoms. The molecule has 0 amide bonds. The first kappa shape index (κ1) is 43.5. The van der Waals surface area contributed by atoms with E-state index >= 15 is 0 Å². The third kappa shape index (κ3) is 9.96. The van der Waals surface area contributed by atoms with Crippen molar-refractivity contribution in [1.29, 1.82) is 0 Å². The van der Waals surface area contributed by atoms with Crippen molar-refractivity contribution in [3.05, 3.63) is 152 Å². The zero-order valence-electron chi connectivity index (χ0n) is 34.0. The van der Waals surface area contributed by atoms with E-state index in [1.165, 1.54) is 90.5 Å². The molecule has 4 heterocycles. The molecule has 0 atom stereocenters. The Morgan fingerprint density at radius 2 is 0.933 bits per heavy atom.